The van der Waals surface area contributed by atoms with Crippen LogP contribution in [-0.2, 0) is 0 Å². The number of nitrogens with zero attached hydrogens (tertiary/aromatic N) is 2. The largest absolute Gasteiger partial charge is 0.475 e. The molecule has 0 spiro atoms. The first-order valence-electron chi connectivity index (χ1n) is 6.18. The Morgan fingerprint density at radius 1 is 1.29 bits per heavy atom. The molecule has 0 radical (unpaired) electrons. The van der Waals surface area contributed by atoms with Crippen LogP contribution in [0.25, 0.3) is 0 Å². The Morgan fingerprint density at radius 2 is 2.12 bits per heavy atom. The fourth-order valence-electron chi connectivity index (χ4n) is 2.12. The van der Waals surface area contributed by atoms with Gasteiger partial charge < -0.3 is 10.1 Å². The van der Waals surface area contributed by atoms with E-state index >= 15 is 0 Å². The van der Waals surface area contributed by atoms with Crippen molar-refractivity contribution in [2.75, 3.05) is 13.2 Å². The van der Waals surface area contributed by atoms with E-state index < -0.39 is 0 Å². The van der Waals surface area contributed by atoms with Crippen LogP contribution >= 0.6 is 11.6 Å². The average molecular weight is 256 g/mol. The standard InChI is InChI=1S/C12H18ClN3O/c13-11-8-14-9-12(16-11)17-7-6-15-10-4-2-1-3-5-10/h8-10,15H,1-7H2. The van der Waals surface area contributed by atoms with Crippen LogP contribution < -0.4 is 10.1 Å². The van der Waals surface area contributed by atoms with E-state index in [-0.39, 0.29) is 0 Å². The molecule has 1 saturated carbocycles. The van der Waals surface area contributed by atoms with Crippen molar-refractivity contribution in [3.05, 3.63) is 17.5 Å². The SMILES string of the molecule is Clc1cncc(OCCNC2CCCCC2)n1. The summed E-state index contributed by atoms with van der Waals surface area (Å²) < 4.78 is 5.46. The third-order valence-corrected chi connectivity index (χ3v) is 3.16. The number of rotatable bonds is 5. The van der Waals surface area contributed by atoms with Crippen LogP contribution in [0.1, 0.15) is 32.1 Å². The van der Waals surface area contributed by atoms with Gasteiger partial charge in [0.05, 0.1) is 12.4 Å². The van der Waals surface area contributed by atoms with E-state index in [1.54, 1.807) is 6.20 Å². The van der Waals surface area contributed by atoms with E-state index in [2.05, 4.69) is 15.3 Å². The Kier molecular flexibility index (Phi) is 5.01. The summed E-state index contributed by atoms with van der Waals surface area (Å²) in [5.41, 5.74) is 0. The van der Waals surface area contributed by atoms with Crippen molar-refractivity contribution < 1.29 is 4.74 Å². The topological polar surface area (TPSA) is 47.0 Å². The van der Waals surface area contributed by atoms with Gasteiger partial charge in [0.25, 0.3) is 0 Å². The van der Waals surface area contributed by atoms with Crippen molar-refractivity contribution in [3.63, 3.8) is 0 Å². The molecule has 0 aromatic carbocycles. The van der Waals surface area contributed by atoms with Crippen LogP contribution in [0, 0.1) is 0 Å². The zero-order chi connectivity index (χ0) is 11.9. The molecule has 2 rings (SSSR count). The highest BCUT2D eigenvalue weighted by molar-refractivity contribution is 6.29. The number of halogens is 1. The Balaban J connectivity index is 1.62. The lowest BCUT2D eigenvalue weighted by Crippen LogP contribution is -2.34. The van der Waals surface area contributed by atoms with Crippen LogP contribution in [0.15, 0.2) is 12.4 Å². The molecule has 0 unspecified atom stereocenters. The molecule has 17 heavy (non-hydrogen) atoms. The van der Waals surface area contributed by atoms with Crippen molar-refractivity contribution in [2.45, 2.75) is 38.1 Å². The van der Waals surface area contributed by atoms with E-state index in [1.807, 2.05) is 0 Å². The Bertz CT molecular complexity index is 342. The van der Waals surface area contributed by atoms with Gasteiger partial charge in [-0.15, -0.1) is 0 Å². The Hall–Kier alpha value is -0.870. The monoisotopic (exact) mass is 255 g/mol. The third-order valence-electron chi connectivity index (χ3n) is 2.97. The van der Waals surface area contributed by atoms with Crippen LogP contribution in [-0.4, -0.2) is 29.2 Å². The quantitative estimate of drug-likeness (QED) is 0.821. The molecule has 1 aliphatic carbocycles. The molecule has 1 heterocycles. The number of nitrogens with one attached hydrogen (secondary N) is 1. The van der Waals surface area contributed by atoms with Gasteiger partial charge in [-0.3, -0.25) is 4.98 Å². The summed E-state index contributed by atoms with van der Waals surface area (Å²) in [6.07, 6.45) is 9.72. The van der Waals surface area contributed by atoms with Crippen molar-refractivity contribution in [3.8, 4) is 5.88 Å². The minimum absolute atomic E-state index is 0.364. The van der Waals surface area contributed by atoms with E-state index in [0.717, 1.165) is 6.54 Å². The van der Waals surface area contributed by atoms with E-state index in [4.69, 9.17) is 16.3 Å². The van der Waals surface area contributed by atoms with Gasteiger partial charge in [0, 0.05) is 12.6 Å². The molecule has 94 valence electrons. The third kappa shape index (κ3) is 4.48. The second kappa shape index (κ2) is 6.77. The lowest BCUT2D eigenvalue weighted by atomic mass is 9.96. The summed E-state index contributed by atoms with van der Waals surface area (Å²) in [6, 6.07) is 0.665. The van der Waals surface area contributed by atoms with Gasteiger partial charge in [-0.25, -0.2) is 0 Å². The van der Waals surface area contributed by atoms with Gasteiger partial charge in [-0.05, 0) is 12.8 Å². The molecule has 1 fully saturated rings. The first-order chi connectivity index (χ1) is 8.34. The fraction of sp³-hybridized carbons (Fsp3) is 0.667. The molecule has 0 saturated heterocycles. The molecule has 4 nitrogen and oxygen atoms in total. The minimum atomic E-state index is 0.364. The Labute approximate surface area is 107 Å². The molecule has 1 N–H and O–H groups in total. The van der Waals surface area contributed by atoms with Crippen LogP contribution in [0.4, 0.5) is 0 Å². The molecule has 1 aromatic heterocycles. The summed E-state index contributed by atoms with van der Waals surface area (Å²) in [4.78, 5) is 7.92. The first-order valence-corrected chi connectivity index (χ1v) is 6.56. The van der Waals surface area contributed by atoms with Gasteiger partial charge >= 0.3 is 0 Å². The molecule has 1 aliphatic rings. The minimum Gasteiger partial charge on any atom is -0.475 e. The molecule has 0 amide bonds. The van der Waals surface area contributed by atoms with Crippen molar-refractivity contribution in [2.24, 2.45) is 0 Å². The lowest BCUT2D eigenvalue weighted by molar-refractivity contribution is 0.280. The maximum absolute atomic E-state index is 5.71. The fourth-order valence-corrected chi connectivity index (χ4v) is 2.26. The Morgan fingerprint density at radius 3 is 2.88 bits per heavy atom. The normalized spacial score (nSPS) is 17.0. The molecule has 0 bridgehead atoms. The summed E-state index contributed by atoms with van der Waals surface area (Å²) in [7, 11) is 0. The van der Waals surface area contributed by atoms with Gasteiger partial charge in [-0.2, -0.15) is 4.98 Å². The summed E-state index contributed by atoms with van der Waals surface area (Å²) in [5.74, 6) is 0.489. The maximum Gasteiger partial charge on any atom is 0.233 e. The predicted octanol–water partition coefficient (Wildman–Crippen LogP) is 2.43. The first kappa shape index (κ1) is 12.6. The van der Waals surface area contributed by atoms with Crippen molar-refractivity contribution in [1.29, 1.82) is 0 Å². The maximum atomic E-state index is 5.71. The van der Waals surface area contributed by atoms with Crippen LogP contribution in [0.2, 0.25) is 5.15 Å². The van der Waals surface area contributed by atoms with Crippen molar-refractivity contribution in [1.82, 2.24) is 15.3 Å². The average Bonchev–Trinajstić information content (AvgIpc) is 2.36. The molecular formula is C12H18ClN3O. The van der Waals surface area contributed by atoms with E-state index in [0.29, 0.717) is 23.7 Å². The smallest absolute Gasteiger partial charge is 0.233 e. The van der Waals surface area contributed by atoms with Gasteiger partial charge in [0.15, 0.2) is 5.15 Å². The van der Waals surface area contributed by atoms with Gasteiger partial charge in [0.2, 0.25) is 5.88 Å². The zero-order valence-electron chi connectivity index (χ0n) is 9.86. The summed E-state index contributed by atoms with van der Waals surface area (Å²) >= 11 is 5.71. The molecular weight excluding hydrogens is 238 g/mol. The zero-order valence-corrected chi connectivity index (χ0v) is 10.6. The predicted molar refractivity (Wildman–Crippen MR) is 67.4 cm³/mol. The lowest BCUT2D eigenvalue weighted by Gasteiger charge is -2.22. The van der Waals surface area contributed by atoms with Crippen LogP contribution in [0.3, 0.4) is 0 Å². The van der Waals surface area contributed by atoms with Gasteiger partial charge in [-0.1, -0.05) is 30.9 Å². The number of hydrogen-bond acceptors (Lipinski definition) is 4. The highest BCUT2D eigenvalue weighted by atomic mass is 35.5. The summed E-state index contributed by atoms with van der Waals surface area (Å²) in [5, 5.41) is 3.86. The second-order valence-corrected chi connectivity index (χ2v) is 4.70. The second-order valence-electron chi connectivity index (χ2n) is 4.32. The molecule has 1 aromatic rings. The van der Waals surface area contributed by atoms with Crippen LogP contribution in [0.5, 0.6) is 5.88 Å². The highest BCUT2D eigenvalue weighted by Gasteiger charge is 2.11. The highest BCUT2D eigenvalue weighted by Crippen LogP contribution is 2.17. The molecule has 0 aliphatic heterocycles. The van der Waals surface area contributed by atoms with E-state index in [1.165, 1.54) is 38.3 Å². The van der Waals surface area contributed by atoms with Crippen molar-refractivity contribution >= 4 is 11.6 Å². The number of hydrogen-bond donors (Lipinski definition) is 1. The summed E-state index contributed by atoms with van der Waals surface area (Å²) in [6.45, 7) is 1.45. The number of ether oxygens (including phenoxy) is 1. The number of aromatic nitrogens is 2. The molecule has 5 heteroatoms. The van der Waals surface area contributed by atoms with Gasteiger partial charge in [0.1, 0.15) is 6.61 Å². The van der Waals surface area contributed by atoms with E-state index in [9.17, 15) is 0 Å². The molecule has 0 atom stereocenters.